The van der Waals surface area contributed by atoms with Crippen molar-refractivity contribution in [2.45, 2.75) is 11.3 Å². The van der Waals surface area contributed by atoms with Crippen LogP contribution in [0, 0.1) is 0 Å². The number of para-hydroxylation sites is 1. The summed E-state index contributed by atoms with van der Waals surface area (Å²) in [6.07, 6.45) is -4.58. The number of carbonyl (C=O) groups excluding carboxylic acids is 1. The van der Waals surface area contributed by atoms with Crippen LogP contribution in [-0.2, 0) is 22.8 Å². The fourth-order valence-electron chi connectivity index (χ4n) is 2.81. The Hall–Kier alpha value is -3.05. The Labute approximate surface area is 185 Å². The molecule has 0 radical (unpaired) electrons. The molecule has 2 aromatic carbocycles. The standard InChI is InChI=1S/C21H20F3N3O4S/c1-27-19(29)14-5-3-4-6-15(14)26-20(27)32-12-18(28)25-16-11-13(21(22,23)24)7-8-17(16)31-10-9-30-2/h3-8,11H,9-10,12H2,1-2H3,(H,25,28). The van der Waals surface area contributed by atoms with Crippen molar-refractivity contribution in [3.05, 3.63) is 58.4 Å². The first-order valence-corrected chi connectivity index (χ1v) is 10.4. The van der Waals surface area contributed by atoms with Crippen LogP contribution >= 0.6 is 11.8 Å². The lowest BCUT2D eigenvalue weighted by atomic mass is 10.1. The Morgan fingerprint density at radius 3 is 2.66 bits per heavy atom. The highest BCUT2D eigenvalue weighted by atomic mass is 32.2. The molecule has 0 unspecified atom stereocenters. The fraction of sp³-hybridized carbons (Fsp3) is 0.286. The van der Waals surface area contributed by atoms with E-state index in [-0.39, 0.29) is 36.0 Å². The Bertz CT molecular complexity index is 1180. The first-order valence-electron chi connectivity index (χ1n) is 9.42. The average molecular weight is 467 g/mol. The van der Waals surface area contributed by atoms with Crippen molar-refractivity contribution in [2.75, 3.05) is 31.4 Å². The van der Waals surface area contributed by atoms with Gasteiger partial charge in [0.2, 0.25) is 5.91 Å². The third-order valence-electron chi connectivity index (χ3n) is 4.40. The average Bonchev–Trinajstić information content (AvgIpc) is 2.75. The van der Waals surface area contributed by atoms with Crippen LogP contribution in [0.4, 0.5) is 18.9 Å². The van der Waals surface area contributed by atoms with E-state index in [9.17, 15) is 22.8 Å². The minimum atomic E-state index is -4.58. The lowest BCUT2D eigenvalue weighted by molar-refractivity contribution is -0.137. The zero-order valence-corrected chi connectivity index (χ0v) is 18.0. The van der Waals surface area contributed by atoms with E-state index in [1.54, 1.807) is 24.3 Å². The second-order valence-corrected chi connectivity index (χ2v) is 7.61. The fourth-order valence-corrected chi connectivity index (χ4v) is 3.58. The summed E-state index contributed by atoms with van der Waals surface area (Å²) in [5.74, 6) is -0.662. The van der Waals surface area contributed by atoms with E-state index in [0.29, 0.717) is 16.1 Å². The summed E-state index contributed by atoms with van der Waals surface area (Å²) in [5.41, 5.74) is -0.796. The van der Waals surface area contributed by atoms with Gasteiger partial charge in [0.1, 0.15) is 12.4 Å². The topological polar surface area (TPSA) is 82.5 Å². The zero-order valence-electron chi connectivity index (χ0n) is 17.2. The number of nitrogens with one attached hydrogen (secondary N) is 1. The number of anilines is 1. The molecule has 1 N–H and O–H groups in total. The van der Waals surface area contributed by atoms with Crippen LogP contribution in [0.3, 0.4) is 0 Å². The summed E-state index contributed by atoms with van der Waals surface area (Å²) in [6.45, 7) is 0.328. The van der Waals surface area contributed by atoms with Gasteiger partial charge in [-0.05, 0) is 30.3 Å². The minimum Gasteiger partial charge on any atom is -0.489 e. The van der Waals surface area contributed by atoms with Gasteiger partial charge in [-0.1, -0.05) is 23.9 Å². The number of halogens is 3. The second-order valence-electron chi connectivity index (χ2n) is 6.66. The van der Waals surface area contributed by atoms with Gasteiger partial charge in [-0.25, -0.2) is 4.98 Å². The molecule has 1 amide bonds. The number of alkyl halides is 3. The van der Waals surface area contributed by atoms with Gasteiger partial charge in [-0.15, -0.1) is 0 Å². The number of hydrogen-bond donors (Lipinski definition) is 1. The van der Waals surface area contributed by atoms with E-state index < -0.39 is 17.6 Å². The van der Waals surface area contributed by atoms with Crippen molar-refractivity contribution in [3.63, 3.8) is 0 Å². The third kappa shape index (κ3) is 5.60. The summed E-state index contributed by atoms with van der Waals surface area (Å²) < 4.78 is 50.9. The van der Waals surface area contributed by atoms with Crippen LogP contribution in [0.25, 0.3) is 10.9 Å². The number of thioether (sulfide) groups is 1. The maximum Gasteiger partial charge on any atom is 0.416 e. The molecule has 0 atom stereocenters. The number of rotatable bonds is 8. The molecular formula is C21H20F3N3O4S. The summed E-state index contributed by atoms with van der Waals surface area (Å²) >= 11 is 0.997. The maximum absolute atomic E-state index is 13.1. The highest BCUT2D eigenvalue weighted by molar-refractivity contribution is 7.99. The number of nitrogens with zero attached hydrogens (tertiary/aromatic N) is 2. The monoisotopic (exact) mass is 467 g/mol. The van der Waals surface area contributed by atoms with Crippen LogP contribution in [0.5, 0.6) is 5.75 Å². The molecule has 0 fully saturated rings. The smallest absolute Gasteiger partial charge is 0.416 e. The van der Waals surface area contributed by atoms with Crippen LogP contribution in [0.1, 0.15) is 5.56 Å². The molecule has 0 aliphatic carbocycles. The van der Waals surface area contributed by atoms with Crippen LogP contribution < -0.4 is 15.6 Å². The molecule has 0 aliphatic rings. The highest BCUT2D eigenvalue weighted by Gasteiger charge is 2.31. The van der Waals surface area contributed by atoms with E-state index >= 15 is 0 Å². The highest BCUT2D eigenvalue weighted by Crippen LogP contribution is 2.35. The van der Waals surface area contributed by atoms with Crippen molar-refractivity contribution >= 4 is 34.3 Å². The van der Waals surface area contributed by atoms with Gasteiger partial charge in [-0.2, -0.15) is 13.2 Å². The zero-order chi connectivity index (χ0) is 23.3. The molecule has 0 bridgehead atoms. The number of fused-ring (bicyclic) bond motifs is 1. The van der Waals surface area contributed by atoms with Gasteiger partial charge in [0.15, 0.2) is 5.16 Å². The van der Waals surface area contributed by atoms with Crippen molar-refractivity contribution in [1.82, 2.24) is 9.55 Å². The molecule has 0 saturated heterocycles. The molecule has 0 aliphatic heterocycles. The van der Waals surface area contributed by atoms with E-state index in [4.69, 9.17) is 9.47 Å². The lowest BCUT2D eigenvalue weighted by Crippen LogP contribution is -2.21. The molecule has 3 aromatic rings. The Morgan fingerprint density at radius 1 is 1.19 bits per heavy atom. The van der Waals surface area contributed by atoms with E-state index in [1.165, 1.54) is 18.7 Å². The van der Waals surface area contributed by atoms with Crippen LogP contribution in [0.2, 0.25) is 0 Å². The summed E-state index contributed by atoms with van der Waals surface area (Å²) in [6, 6.07) is 9.66. The number of carbonyl (C=O) groups is 1. The van der Waals surface area contributed by atoms with Gasteiger partial charge >= 0.3 is 6.18 Å². The first kappa shape index (κ1) is 23.6. The SMILES string of the molecule is COCCOc1ccc(C(F)(F)F)cc1NC(=O)CSc1nc2ccccc2c(=O)n1C. The van der Waals surface area contributed by atoms with Gasteiger partial charge in [0.05, 0.1) is 34.5 Å². The molecule has 11 heteroatoms. The molecule has 170 valence electrons. The predicted molar refractivity (Wildman–Crippen MR) is 115 cm³/mol. The van der Waals surface area contributed by atoms with Crippen molar-refractivity contribution in [1.29, 1.82) is 0 Å². The van der Waals surface area contributed by atoms with Crippen LogP contribution in [0.15, 0.2) is 52.4 Å². The number of hydrogen-bond acceptors (Lipinski definition) is 6. The Balaban J connectivity index is 1.77. The summed E-state index contributed by atoms with van der Waals surface area (Å²) in [4.78, 5) is 29.3. The quantitative estimate of drug-likeness (QED) is 0.309. The number of benzene rings is 2. The van der Waals surface area contributed by atoms with E-state index in [0.717, 1.165) is 30.0 Å². The number of methoxy groups -OCH3 is 1. The number of amides is 1. The van der Waals surface area contributed by atoms with Gasteiger partial charge in [-0.3, -0.25) is 14.2 Å². The van der Waals surface area contributed by atoms with E-state index in [2.05, 4.69) is 10.3 Å². The number of ether oxygens (including phenoxy) is 2. The molecule has 0 saturated carbocycles. The second kappa shape index (κ2) is 10.0. The van der Waals surface area contributed by atoms with E-state index in [1.807, 2.05) is 0 Å². The summed E-state index contributed by atoms with van der Waals surface area (Å²) in [7, 11) is 3.00. The third-order valence-corrected chi connectivity index (χ3v) is 5.43. The molecule has 1 aromatic heterocycles. The van der Waals surface area contributed by atoms with Gasteiger partial charge in [0, 0.05) is 14.2 Å². The molecule has 0 spiro atoms. The Kier molecular flexibility index (Phi) is 7.41. The maximum atomic E-state index is 13.1. The van der Waals surface area contributed by atoms with Crippen molar-refractivity contribution < 1.29 is 27.4 Å². The van der Waals surface area contributed by atoms with Gasteiger partial charge < -0.3 is 14.8 Å². The normalized spacial score (nSPS) is 11.5. The molecule has 7 nitrogen and oxygen atoms in total. The molecule has 1 heterocycles. The largest absolute Gasteiger partial charge is 0.489 e. The lowest BCUT2D eigenvalue weighted by Gasteiger charge is -2.15. The van der Waals surface area contributed by atoms with Crippen LogP contribution in [-0.4, -0.2) is 41.5 Å². The predicted octanol–water partition coefficient (Wildman–Crippen LogP) is 3.71. The molecule has 3 rings (SSSR count). The minimum absolute atomic E-state index is 0.0876. The molecule has 32 heavy (non-hydrogen) atoms. The molecular weight excluding hydrogens is 447 g/mol. The number of aromatic nitrogens is 2. The van der Waals surface area contributed by atoms with Crippen molar-refractivity contribution in [2.24, 2.45) is 7.05 Å². The Morgan fingerprint density at radius 2 is 1.94 bits per heavy atom. The first-order chi connectivity index (χ1) is 15.2. The summed E-state index contributed by atoms with van der Waals surface area (Å²) in [5, 5.41) is 3.21. The van der Waals surface area contributed by atoms with Gasteiger partial charge in [0.25, 0.3) is 5.56 Å². The van der Waals surface area contributed by atoms with Crippen molar-refractivity contribution in [3.8, 4) is 5.75 Å².